The number of hydrogen-bond donors (Lipinski definition) is 1. The molecule has 0 atom stereocenters. The number of rotatable bonds is 7. The Balaban J connectivity index is 1.46. The van der Waals surface area contributed by atoms with Crippen LogP contribution in [0.25, 0.3) is 0 Å². The first kappa shape index (κ1) is 16.2. The minimum atomic E-state index is -0.273. The first-order chi connectivity index (χ1) is 11.1. The lowest BCUT2D eigenvalue weighted by Crippen LogP contribution is -2.27. The van der Waals surface area contributed by atoms with Gasteiger partial charge < -0.3 is 10.2 Å². The number of carbonyl (C=O) groups excluding carboxylic acids is 1. The number of amides is 1. The van der Waals surface area contributed by atoms with Crippen molar-refractivity contribution in [2.24, 2.45) is 0 Å². The summed E-state index contributed by atoms with van der Waals surface area (Å²) in [5.41, 5.74) is 0.902. The van der Waals surface area contributed by atoms with Crippen LogP contribution in [-0.4, -0.2) is 39.8 Å². The molecule has 1 aromatic carbocycles. The summed E-state index contributed by atoms with van der Waals surface area (Å²) in [7, 11) is 1.74. The number of benzene rings is 1. The van der Waals surface area contributed by atoms with Crippen molar-refractivity contribution in [3.8, 4) is 0 Å². The minimum absolute atomic E-state index is 0.00577. The van der Waals surface area contributed by atoms with Crippen LogP contribution in [-0.2, 0) is 11.3 Å². The van der Waals surface area contributed by atoms with Gasteiger partial charge in [-0.05, 0) is 30.5 Å². The number of halogens is 1. The lowest BCUT2D eigenvalue weighted by molar-refractivity contribution is -0.127. The number of thioether (sulfide) groups is 1. The van der Waals surface area contributed by atoms with Gasteiger partial charge in [0.2, 0.25) is 11.0 Å². The van der Waals surface area contributed by atoms with Crippen molar-refractivity contribution < 1.29 is 9.18 Å². The second kappa shape index (κ2) is 7.27. The molecule has 23 heavy (non-hydrogen) atoms. The summed E-state index contributed by atoms with van der Waals surface area (Å²) in [6, 6.07) is 6.72. The third-order valence-corrected chi connectivity index (χ3v) is 5.36. The van der Waals surface area contributed by atoms with Crippen molar-refractivity contribution in [2.45, 2.75) is 29.8 Å². The SMILES string of the molecule is CN(Cc1ccc(F)cc1)C(=O)CSc1nnc(NC2CC2)s1. The van der Waals surface area contributed by atoms with Gasteiger partial charge in [0, 0.05) is 19.6 Å². The molecule has 1 saturated carbocycles. The maximum atomic E-state index is 12.9. The molecule has 1 aliphatic rings. The molecule has 0 aliphatic heterocycles. The zero-order chi connectivity index (χ0) is 16.2. The fourth-order valence-electron chi connectivity index (χ4n) is 1.91. The van der Waals surface area contributed by atoms with Crippen LogP contribution < -0.4 is 5.32 Å². The van der Waals surface area contributed by atoms with Gasteiger partial charge in [-0.3, -0.25) is 4.79 Å². The third-order valence-electron chi connectivity index (χ3n) is 3.39. The van der Waals surface area contributed by atoms with E-state index < -0.39 is 0 Å². The summed E-state index contributed by atoms with van der Waals surface area (Å²) in [6.45, 7) is 0.463. The summed E-state index contributed by atoms with van der Waals surface area (Å²) in [6.07, 6.45) is 2.38. The van der Waals surface area contributed by atoms with E-state index in [9.17, 15) is 9.18 Å². The summed E-state index contributed by atoms with van der Waals surface area (Å²) in [4.78, 5) is 13.8. The largest absolute Gasteiger partial charge is 0.357 e. The van der Waals surface area contributed by atoms with Gasteiger partial charge in [-0.2, -0.15) is 0 Å². The molecular weight excluding hydrogens is 335 g/mol. The van der Waals surface area contributed by atoms with E-state index >= 15 is 0 Å². The fraction of sp³-hybridized carbons (Fsp3) is 0.400. The molecule has 2 aromatic rings. The van der Waals surface area contributed by atoms with Crippen molar-refractivity contribution >= 4 is 34.1 Å². The second-order valence-corrected chi connectivity index (χ2v) is 7.66. The molecule has 0 spiro atoms. The highest BCUT2D eigenvalue weighted by Gasteiger charge is 2.22. The average molecular weight is 352 g/mol. The zero-order valence-electron chi connectivity index (χ0n) is 12.7. The Bertz CT molecular complexity index is 672. The molecule has 0 unspecified atom stereocenters. The van der Waals surface area contributed by atoms with Gasteiger partial charge in [-0.15, -0.1) is 10.2 Å². The first-order valence-electron chi connectivity index (χ1n) is 7.31. The monoisotopic (exact) mass is 352 g/mol. The number of hydrogen-bond acceptors (Lipinski definition) is 6. The molecule has 1 aromatic heterocycles. The minimum Gasteiger partial charge on any atom is -0.357 e. The number of anilines is 1. The van der Waals surface area contributed by atoms with Crippen LogP contribution >= 0.6 is 23.1 Å². The number of aromatic nitrogens is 2. The molecule has 8 heteroatoms. The second-order valence-electron chi connectivity index (χ2n) is 5.46. The highest BCUT2D eigenvalue weighted by atomic mass is 32.2. The van der Waals surface area contributed by atoms with Crippen molar-refractivity contribution in [2.75, 3.05) is 18.1 Å². The topological polar surface area (TPSA) is 58.1 Å². The molecule has 122 valence electrons. The molecular formula is C15H17FN4OS2. The molecule has 5 nitrogen and oxygen atoms in total. The molecule has 0 bridgehead atoms. The predicted octanol–water partition coefficient (Wildman–Crippen LogP) is 3.00. The van der Waals surface area contributed by atoms with Crippen LogP contribution in [0.4, 0.5) is 9.52 Å². The van der Waals surface area contributed by atoms with E-state index in [4.69, 9.17) is 0 Å². The first-order valence-corrected chi connectivity index (χ1v) is 9.11. The highest BCUT2D eigenvalue weighted by molar-refractivity contribution is 8.01. The number of nitrogens with zero attached hydrogens (tertiary/aromatic N) is 3. The normalized spacial score (nSPS) is 13.8. The molecule has 1 N–H and O–H groups in total. The van der Waals surface area contributed by atoms with Gasteiger partial charge in [-0.25, -0.2) is 4.39 Å². The molecule has 1 aliphatic carbocycles. The van der Waals surface area contributed by atoms with Crippen molar-refractivity contribution in [3.05, 3.63) is 35.6 Å². The van der Waals surface area contributed by atoms with E-state index in [-0.39, 0.29) is 11.7 Å². The van der Waals surface area contributed by atoms with Crippen molar-refractivity contribution in [3.63, 3.8) is 0 Å². The Morgan fingerprint density at radius 2 is 2.13 bits per heavy atom. The Kier molecular flexibility index (Phi) is 5.12. The lowest BCUT2D eigenvalue weighted by Gasteiger charge is -2.16. The lowest BCUT2D eigenvalue weighted by atomic mass is 10.2. The van der Waals surface area contributed by atoms with E-state index in [0.29, 0.717) is 18.3 Å². The van der Waals surface area contributed by atoms with Gasteiger partial charge in [0.25, 0.3) is 0 Å². The maximum absolute atomic E-state index is 12.9. The van der Waals surface area contributed by atoms with Gasteiger partial charge in [-0.1, -0.05) is 35.2 Å². The van der Waals surface area contributed by atoms with Gasteiger partial charge >= 0.3 is 0 Å². The van der Waals surface area contributed by atoms with Crippen LogP contribution in [0, 0.1) is 5.82 Å². The average Bonchev–Trinajstić information content (AvgIpc) is 3.24. The molecule has 0 saturated heterocycles. The molecule has 1 heterocycles. The Morgan fingerprint density at radius 1 is 1.39 bits per heavy atom. The maximum Gasteiger partial charge on any atom is 0.233 e. The van der Waals surface area contributed by atoms with E-state index in [0.717, 1.165) is 15.0 Å². The van der Waals surface area contributed by atoms with E-state index in [2.05, 4.69) is 15.5 Å². The Morgan fingerprint density at radius 3 is 2.83 bits per heavy atom. The van der Waals surface area contributed by atoms with Crippen molar-refractivity contribution in [1.82, 2.24) is 15.1 Å². The Labute approximate surface area is 142 Å². The number of carbonyl (C=O) groups is 1. The van der Waals surface area contributed by atoms with Gasteiger partial charge in [0.1, 0.15) is 5.82 Å². The molecule has 3 rings (SSSR count). The van der Waals surface area contributed by atoms with E-state index in [1.807, 2.05) is 0 Å². The number of nitrogens with one attached hydrogen (secondary N) is 1. The fourth-order valence-corrected chi connectivity index (χ4v) is 3.68. The molecule has 1 amide bonds. The van der Waals surface area contributed by atoms with E-state index in [1.54, 1.807) is 24.1 Å². The van der Waals surface area contributed by atoms with Crippen LogP contribution in [0.2, 0.25) is 0 Å². The summed E-state index contributed by atoms with van der Waals surface area (Å²) < 4.78 is 13.7. The Hall–Kier alpha value is -1.67. The summed E-state index contributed by atoms with van der Waals surface area (Å²) in [5, 5.41) is 12.3. The van der Waals surface area contributed by atoms with Crippen molar-refractivity contribution in [1.29, 1.82) is 0 Å². The standard InChI is InChI=1S/C15H17FN4OS2/c1-20(8-10-2-4-11(16)5-3-10)13(21)9-22-15-19-18-14(23-15)17-12-6-7-12/h2-5,12H,6-9H2,1H3,(H,17,18). The highest BCUT2D eigenvalue weighted by Crippen LogP contribution is 2.30. The van der Waals surface area contributed by atoms with Gasteiger partial charge in [0.05, 0.1) is 5.75 Å². The quantitative estimate of drug-likeness (QED) is 0.776. The van der Waals surface area contributed by atoms with E-state index in [1.165, 1.54) is 48.1 Å². The van der Waals surface area contributed by atoms with Crippen LogP contribution in [0.1, 0.15) is 18.4 Å². The predicted molar refractivity (Wildman–Crippen MR) is 90.2 cm³/mol. The van der Waals surface area contributed by atoms with Crippen LogP contribution in [0.15, 0.2) is 28.6 Å². The summed E-state index contributed by atoms with van der Waals surface area (Å²) >= 11 is 2.87. The summed E-state index contributed by atoms with van der Waals surface area (Å²) in [5.74, 6) is 0.0480. The smallest absolute Gasteiger partial charge is 0.233 e. The van der Waals surface area contributed by atoms with Crippen LogP contribution in [0.5, 0.6) is 0 Å². The zero-order valence-corrected chi connectivity index (χ0v) is 14.3. The van der Waals surface area contributed by atoms with Crippen LogP contribution in [0.3, 0.4) is 0 Å². The van der Waals surface area contributed by atoms with Gasteiger partial charge in [0.15, 0.2) is 4.34 Å². The third kappa shape index (κ3) is 4.90. The molecule has 0 radical (unpaired) electrons. The molecule has 1 fully saturated rings.